The van der Waals surface area contributed by atoms with E-state index in [9.17, 15) is 4.79 Å². The summed E-state index contributed by atoms with van der Waals surface area (Å²) in [5.74, 6) is 0.278. The van der Waals surface area contributed by atoms with Crippen LogP contribution >= 0.6 is 0 Å². The summed E-state index contributed by atoms with van der Waals surface area (Å²) in [4.78, 5) is 14.4. The lowest BCUT2D eigenvalue weighted by molar-refractivity contribution is -0.158. The molecule has 26 heavy (non-hydrogen) atoms. The highest BCUT2D eigenvalue weighted by atomic mass is 16.5. The number of nitrogens with zero attached hydrogens (tertiary/aromatic N) is 1. The predicted octanol–water partition coefficient (Wildman–Crippen LogP) is 3.32. The first kappa shape index (κ1) is 15.5. The topological polar surface area (TPSA) is 41.6 Å². The van der Waals surface area contributed by atoms with Gasteiger partial charge in [-0.25, -0.2) is 0 Å². The fourth-order valence-electron chi connectivity index (χ4n) is 8.21. The summed E-state index contributed by atoms with van der Waals surface area (Å²) >= 11 is 0. The van der Waals surface area contributed by atoms with Crippen LogP contribution in [0.2, 0.25) is 0 Å². The van der Waals surface area contributed by atoms with Crippen molar-refractivity contribution in [3.05, 3.63) is 29.8 Å². The fraction of sp³-hybridized carbons (Fsp3) is 0.682. The summed E-state index contributed by atoms with van der Waals surface area (Å²) in [5.41, 5.74) is 3.56. The third-order valence-electron chi connectivity index (χ3n) is 8.74. The third-order valence-corrected chi connectivity index (χ3v) is 8.74. The monoisotopic (exact) mass is 352 g/mol. The average molecular weight is 352 g/mol. The van der Waals surface area contributed by atoms with Crippen LogP contribution in [0.25, 0.3) is 0 Å². The van der Waals surface area contributed by atoms with Gasteiger partial charge < -0.3 is 10.1 Å². The lowest BCUT2D eigenvalue weighted by Gasteiger charge is -2.69. The van der Waals surface area contributed by atoms with Crippen molar-refractivity contribution >= 4 is 11.7 Å². The average Bonchev–Trinajstić information content (AvgIpc) is 3.19. The first-order valence-corrected chi connectivity index (χ1v) is 10.4. The van der Waals surface area contributed by atoms with E-state index < -0.39 is 0 Å². The Morgan fingerprint density at radius 3 is 3.00 bits per heavy atom. The second-order valence-electron chi connectivity index (χ2n) is 9.47. The summed E-state index contributed by atoms with van der Waals surface area (Å²) in [5, 5.41) is 4.04. The molecule has 138 valence electrons. The molecule has 5 atom stereocenters. The highest BCUT2D eigenvalue weighted by molar-refractivity contribution is 5.69. The molecule has 5 fully saturated rings. The highest BCUT2D eigenvalue weighted by Crippen LogP contribution is 2.74. The van der Waals surface area contributed by atoms with Crippen molar-refractivity contribution in [3.63, 3.8) is 0 Å². The number of fused-ring (bicyclic) bond motifs is 3. The van der Waals surface area contributed by atoms with Crippen molar-refractivity contribution in [2.75, 3.05) is 25.0 Å². The molecule has 0 amide bonds. The van der Waals surface area contributed by atoms with Gasteiger partial charge in [0.15, 0.2) is 0 Å². The number of hydrogen-bond donors (Lipinski definition) is 1. The maximum Gasteiger partial charge on any atom is 0.302 e. The molecule has 4 nitrogen and oxygen atoms in total. The molecule has 1 aromatic carbocycles. The van der Waals surface area contributed by atoms with Gasteiger partial charge in [-0.05, 0) is 68.7 Å². The summed E-state index contributed by atoms with van der Waals surface area (Å²) in [7, 11) is 0. The number of nitrogens with one attached hydrogen (secondary N) is 1. The molecule has 1 aromatic rings. The molecule has 0 radical (unpaired) electrons. The molecular formula is C22H28N2O2. The van der Waals surface area contributed by atoms with E-state index in [0.29, 0.717) is 24.0 Å². The number of hydrogen-bond acceptors (Lipinski definition) is 4. The molecule has 3 aliphatic heterocycles. The second kappa shape index (κ2) is 4.83. The first-order valence-electron chi connectivity index (χ1n) is 10.4. The van der Waals surface area contributed by atoms with Crippen LogP contribution in [0.4, 0.5) is 5.69 Å². The number of anilines is 1. The third kappa shape index (κ3) is 1.56. The normalized spacial score (nSPS) is 44.8. The van der Waals surface area contributed by atoms with Crippen molar-refractivity contribution in [2.45, 2.75) is 62.4 Å². The molecule has 7 rings (SSSR count). The van der Waals surface area contributed by atoms with Gasteiger partial charge in [-0.15, -0.1) is 0 Å². The fourth-order valence-corrected chi connectivity index (χ4v) is 8.21. The Hall–Kier alpha value is -1.55. The van der Waals surface area contributed by atoms with Gasteiger partial charge in [-0.1, -0.05) is 18.2 Å². The van der Waals surface area contributed by atoms with E-state index in [1.807, 2.05) is 0 Å². The highest BCUT2D eigenvalue weighted by Gasteiger charge is 2.77. The van der Waals surface area contributed by atoms with E-state index in [4.69, 9.17) is 4.74 Å². The van der Waals surface area contributed by atoms with E-state index in [0.717, 1.165) is 0 Å². The van der Waals surface area contributed by atoms with Gasteiger partial charge in [-0.3, -0.25) is 9.69 Å². The smallest absolute Gasteiger partial charge is 0.302 e. The number of esters is 1. The molecule has 2 saturated heterocycles. The molecule has 2 bridgehead atoms. The van der Waals surface area contributed by atoms with Crippen molar-refractivity contribution in [1.29, 1.82) is 0 Å². The summed E-state index contributed by atoms with van der Waals surface area (Å²) in [6.45, 7) is 4.61. The lowest BCUT2D eigenvalue weighted by Crippen LogP contribution is -2.76. The number of carbonyl (C=O) groups is 1. The molecule has 3 saturated carbocycles. The number of para-hydroxylation sites is 1. The number of carbonyl (C=O) groups excluding carboxylic acids is 1. The minimum atomic E-state index is -0.141. The largest absolute Gasteiger partial charge is 0.465 e. The van der Waals surface area contributed by atoms with Gasteiger partial charge in [0.25, 0.3) is 0 Å². The zero-order valence-corrected chi connectivity index (χ0v) is 15.6. The molecule has 3 aliphatic carbocycles. The molecule has 0 aromatic heterocycles. The Bertz CT molecular complexity index is 794. The van der Waals surface area contributed by atoms with Crippen LogP contribution in [0, 0.1) is 11.3 Å². The van der Waals surface area contributed by atoms with Gasteiger partial charge >= 0.3 is 5.97 Å². The van der Waals surface area contributed by atoms with Crippen molar-refractivity contribution < 1.29 is 9.53 Å². The predicted molar refractivity (Wildman–Crippen MR) is 100 cm³/mol. The summed E-state index contributed by atoms with van der Waals surface area (Å²) < 4.78 is 5.62. The van der Waals surface area contributed by atoms with Crippen molar-refractivity contribution in [1.82, 2.24) is 4.90 Å². The zero-order chi connectivity index (χ0) is 17.6. The Labute approximate surface area is 155 Å². The minimum absolute atomic E-state index is 0.0602. The quantitative estimate of drug-likeness (QED) is 0.829. The van der Waals surface area contributed by atoms with E-state index >= 15 is 0 Å². The van der Waals surface area contributed by atoms with E-state index in [1.54, 1.807) is 12.5 Å². The van der Waals surface area contributed by atoms with Crippen LogP contribution in [0.3, 0.4) is 0 Å². The van der Waals surface area contributed by atoms with Gasteiger partial charge in [0.1, 0.15) is 0 Å². The van der Waals surface area contributed by atoms with E-state index in [-0.39, 0.29) is 16.9 Å². The molecule has 4 heteroatoms. The molecule has 3 heterocycles. The van der Waals surface area contributed by atoms with Crippen LogP contribution < -0.4 is 5.32 Å². The van der Waals surface area contributed by atoms with E-state index in [2.05, 4.69) is 34.5 Å². The molecule has 6 aliphatic rings. The van der Waals surface area contributed by atoms with Crippen LogP contribution in [0.15, 0.2) is 24.3 Å². The van der Waals surface area contributed by atoms with Crippen LogP contribution in [-0.4, -0.2) is 42.1 Å². The van der Waals surface area contributed by atoms with Crippen LogP contribution in [-0.2, 0) is 14.9 Å². The van der Waals surface area contributed by atoms with Crippen LogP contribution in [0.5, 0.6) is 0 Å². The van der Waals surface area contributed by atoms with Gasteiger partial charge in [0.05, 0.1) is 12.1 Å². The Morgan fingerprint density at radius 2 is 2.12 bits per heavy atom. The van der Waals surface area contributed by atoms with Crippen molar-refractivity contribution in [2.24, 2.45) is 11.3 Å². The summed E-state index contributed by atoms with van der Waals surface area (Å²) in [6.07, 6.45) is 7.69. The number of piperidine rings is 1. The Kier molecular flexibility index (Phi) is 2.88. The van der Waals surface area contributed by atoms with Crippen LogP contribution in [0.1, 0.15) is 51.0 Å². The lowest BCUT2D eigenvalue weighted by atomic mass is 9.39. The van der Waals surface area contributed by atoms with Gasteiger partial charge in [-0.2, -0.15) is 0 Å². The molecular weight excluding hydrogens is 324 g/mol. The van der Waals surface area contributed by atoms with Gasteiger partial charge in [0, 0.05) is 30.0 Å². The molecule has 3 unspecified atom stereocenters. The molecule has 3 spiro atoms. The number of ether oxygens (including phenoxy) is 1. The zero-order valence-electron chi connectivity index (χ0n) is 15.6. The maximum absolute atomic E-state index is 11.6. The maximum atomic E-state index is 11.6. The Morgan fingerprint density at radius 1 is 1.23 bits per heavy atom. The first-order chi connectivity index (χ1) is 12.6. The summed E-state index contributed by atoms with van der Waals surface area (Å²) in [6, 6.07) is 9.70. The van der Waals surface area contributed by atoms with Crippen molar-refractivity contribution in [3.8, 4) is 0 Å². The minimum Gasteiger partial charge on any atom is -0.465 e. The SMILES string of the molecule is CC(=O)OCC1CC23CCCN4CC[C@@]5(c6ccccc6NC15CC2)[C@@H]43. The van der Waals surface area contributed by atoms with E-state index in [1.165, 1.54) is 57.3 Å². The van der Waals surface area contributed by atoms with Gasteiger partial charge in [0.2, 0.25) is 0 Å². The molecule has 1 N–H and O–H groups in total. The number of benzene rings is 1. The standard InChI is InChI=1S/C22H28N2O2/c1-15(25)26-14-16-13-20-7-4-11-24-12-10-21(19(20)24)17-5-2-3-6-18(17)23-22(16,21)9-8-20/h2-3,5-6,16,19,23H,4,7-14H2,1H3/t16?,19-,20?,21+,22?/m0/s1. The Balaban J connectivity index is 1.56. The second-order valence-corrected chi connectivity index (χ2v) is 9.47. The number of rotatable bonds is 2.